The summed E-state index contributed by atoms with van der Waals surface area (Å²) < 4.78 is 5.54. The lowest BCUT2D eigenvalue weighted by Crippen LogP contribution is -2.33. The Kier molecular flexibility index (Phi) is 5.24. The van der Waals surface area contributed by atoms with Crippen LogP contribution in [0.5, 0.6) is 0 Å². The van der Waals surface area contributed by atoms with E-state index in [2.05, 4.69) is 17.1 Å². The van der Waals surface area contributed by atoms with Gasteiger partial charge in [0.2, 0.25) is 11.8 Å². The summed E-state index contributed by atoms with van der Waals surface area (Å²) in [5.41, 5.74) is 3.64. The monoisotopic (exact) mass is 375 g/mol. The summed E-state index contributed by atoms with van der Waals surface area (Å²) in [6, 6.07) is 15.8. The summed E-state index contributed by atoms with van der Waals surface area (Å²) in [4.78, 5) is 15.1. The second kappa shape index (κ2) is 7.97. The predicted molar refractivity (Wildman–Crippen MR) is 109 cm³/mol. The minimum Gasteiger partial charge on any atom is -0.421 e. The summed E-state index contributed by atoms with van der Waals surface area (Å²) in [6.45, 7) is 5.59. The first kappa shape index (κ1) is 18.4. The van der Waals surface area contributed by atoms with Crippen LogP contribution in [0.1, 0.15) is 42.4 Å². The second-order valence-corrected chi connectivity index (χ2v) is 7.48. The molecule has 0 N–H and O–H groups in total. The van der Waals surface area contributed by atoms with Crippen molar-refractivity contribution in [1.82, 2.24) is 15.1 Å². The van der Waals surface area contributed by atoms with Crippen molar-refractivity contribution in [3.8, 4) is 22.6 Å². The van der Waals surface area contributed by atoms with Crippen molar-refractivity contribution >= 4 is 5.91 Å². The molecular weight excluding hydrogens is 350 g/mol. The van der Waals surface area contributed by atoms with E-state index in [1.54, 1.807) is 6.92 Å². The molecule has 28 heavy (non-hydrogen) atoms. The SMILES string of the molecule is CCCN(CC1CC1)C(=O)c1cccc(-c2cccc(-c3nnc(C)o3)c2)c1. The van der Waals surface area contributed by atoms with Crippen molar-refractivity contribution < 1.29 is 9.21 Å². The Morgan fingerprint density at radius 3 is 2.46 bits per heavy atom. The van der Waals surface area contributed by atoms with Crippen LogP contribution in [-0.2, 0) is 0 Å². The van der Waals surface area contributed by atoms with E-state index in [0.717, 1.165) is 41.8 Å². The minimum absolute atomic E-state index is 0.124. The highest BCUT2D eigenvalue weighted by Crippen LogP contribution is 2.31. The van der Waals surface area contributed by atoms with Gasteiger partial charge < -0.3 is 9.32 Å². The highest BCUT2D eigenvalue weighted by Gasteiger charge is 2.27. The average Bonchev–Trinajstić information content (AvgIpc) is 3.44. The van der Waals surface area contributed by atoms with E-state index < -0.39 is 0 Å². The van der Waals surface area contributed by atoms with Crippen LogP contribution in [0, 0.1) is 12.8 Å². The Labute approximate surface area is 165 Å². The molecule has 0 spiro atoms. The van der Waals surface area contributed by atoms with Crippen molar-refractivity contribution in [3.05, 3.63) is 60.0 Å². The molecule has 5 heteroatoms. The van der Waals surface area contributed by atoms with Gasteiger partial charge >= 0.3 is 0 Å². The van der Waals surface area contributed by atoms with Gasteiger partial charge in [-0.1, -0.05) is 31.2 Å². The van der Waals surface area contributed by atoms with E-state index in [1.807, 2.05) is 53.4 Å². The summed E-state index contributed by atoms with van der Waals surface area (Å²) >= 11 is 0. The Hall–Kier alpha value is -2.95. The van der Waals surface area contributed by atoms with Crippen LogP contribution >= 0.6 is 0 Å². The number of benzene rings is 2. The van der Waals surface area contributed by atoms with Gasteiger partial charge in [0.1, 0.15) is 0 Å². The molecule has 0 bridgehead atoms. The topological polar surface area (TPSA) is 59.2 Å². The molecule has 0 aliphatic heterocycles. The van der Waals surface area contributed by atoms with E-state index in [0.29, 0.717) is 17.7 Å². The molecule has 0 atom stereocenters. The zero-order chi connectivity index (χ0) is 19.5. The van der Waals surface area contributed by atoms with Gasteiger partial charge in [-0.25, -0.2) is 0 Å². The Morgan fingerprint density at radius 1 is 1.07 bits per heavy atom. The smallest absolute Gasteiger partial charge is 0.253 e. The first-order valence-electron chi connectivity index (χ1n) is 9.94. The van der Waals surface area contributed by atoms with Crippen LogP contribution in [-0.4, -0.2) is 34.1 Å². The van der Waals surface area contributed by atoms with Gasteiger partial charge in [0.15, 0.2) is 0 Å². The van der Waals surface area contributed by atoms with E-state index in [-0.39, 0.29) is 5.91 Å². The predicted octanol–water partition coefficient (Wildman–Crippen LogP) is 4.97. The van der Waals surface area contributed by atoms with Crippen LogP contribution in [0.15, 0.2) is 52.9 Å². The minimum atomic E-state index is 0.124. The maximum Gasteiger partial charge on any atom is 0.253 e. The van der Waals surface area contributed by atoms with Gasteiger partial charge in [0.05, 0.1) is 0 Å². The average molecular weight is 375 g/mol. The first-order chi connectivity index (χ1) is 13.6. The molecule has 1 aliphatic carbocycles. The van der Waals surface area contributed by atoms with Gasteiger partial charge in [-0.15, -0.1) is 10.2 Å². The Balaban J connectivity index is 1.60. The summed E-state index contributed by atoms with van der Waals surface area (Å²) in [7, 11) is 0. The zero-order valence-electron chi connectivity index (χ0n) is 16.4. The third-order valence-corrected chi connectivity index (χ3v) is 5.03. The molecule has 1 amide bonds. The number of carbonyl (C=O) groups excluding carboxylic acids is 1. The van der Waals surface area contributed by atoms with Crippen molar-refractivity contribution in [3.63, 3.8) is 0 Å². The molecule has 144 valence electrons. The van der Waals surface area contributed by atoms with Gasteiger partial charge in [0, 0.05) is 31.1 Å². The highest BCUT2D eigenvalue weighted by molar-refractivity contribution is 5.95. The van der Waals surface area contributed by atoms with Crippen molar-refractivity contribution in [2.24, 2.45) is 5.92 Å². The fourth-order valence-corrected chi connectivity index (χ4v) is 3.42. The molecule has 4 rings (SSSR count). The maximum atomic E-state index is 13.1. The zero-order valence-corrected chi connectivity index (χ0v) is 16.4. The molecule has 0 saturated heterocycles. The number of carbonyl (C=O) groups is 1. The lowest BCUT2D eigenvalue weighted by molar-refractivity contribution is 0.0748. The quantitative estimate of drug-likeness (QED) is 0.585. The maximum absolute atomic E-state index is 13.1. The van der Waals surface area contributed by atoms with Gasteiger partial charge in [-0.3, -0.25) is 4.79 Å². The van der Waals surface area contributed by atoms with Gasteiger partial charge in [0.25, 0.3) is 5.91 Å². The number of aromatic nitrogens is 2. The number of hydrogen-bond donors (Lipinski definition) is 0. The molecule has 1 aromatic heterocycles. The van der Waals surface area contributed by atoms with Crippen LogP contribution in [0.4, 0.5) is 0 Å². The summed E-state index contributed by atoms with van der Waals surface area (Å²) in [6.07, 6.45) is 3.47. The number of hydrogen-bond acceptors (Lipinski definition) is 4. The van der Waals surface area contributed by atoms with Crippen molar-refractivity contribution in [2.75, 3.05) is 13.1 Å². The van der Waals surface area contributed by atoms with Gasteiger partial charge in [-0.05, 0) is 60.6 Å². The molecule has 1 saturated carbocycles. The normalized spacial score (nSPS) is 13.5. The van der Waals surface area contributed by atoms with Crippen LogP contribution < -0.4 is 0 Å². The van der Waals surface area contributed by atoms with Crippen molar-refractivity contribution in [2.45, 2.75) is 33.1 Å². The van der Waals surface area contributed by atoms with Gasteiger partial charge in [-0.2, -0.15) is 0 Å². The third-order valence-electron chi connectivity index (χ3n) is 5.03. The summed E-state index contributed by atoms with van der Waals surface area (Å²) in [5, 5.41) is 8.00. The number of aryl methyl sites for hydroxylation is 1. The molecule has 5 nitrogen and oxygen atoms in total. The number of amides is 1. The number of nitrogens with zero attached hydrogens (tertiary/aromatic N) is 3. The van der Waals surface area contributed by atoms with E-state index in [9.17, 15) is 4.79 Å². The van der Waals surface area contributed by atoms with E-state index in [4.69, 9.17) is 4.42 Å². The lowest BCUT2D eigenvalue weighted by Gasteiger charge is -2.22. The van der Waals surface area contributed by atoms with E-state index in [1.165, 1.54) is 12.8 Å². The number of rotatable bonds is 7. The molecule has 1 heterocycles. The molecule has 0 unspecified atom stereocenters. The van der Waals surface area contributed by atoms with Crippen molar-refractivity contribution in [1.29, 1.82) is 0 Å². The molecule has 0 radical (unpaired) electrons. The second-order valence-electron chi connectivity index (χ2n) is 7.48. The lowest BCUT2D eigenvalue weighted by atomic mass is 10.0. The molecule has 3 aromatic rings. The first-order valence-corrected chi connectivity index (χ1v) is 9.94. The Morgan fingerprint density at radius 2 is 1.79 bits per heavy atom. The summed E-state index contributed by atoms with van der Waals surface area (Å²) in [5.74, 6) is 1.86. The molecular formula is C23H25N3O2. The molecule has 1 aliphatic rings. The fourth-order valence-electron chi connectivity index (χ4n) is 3.42. The van der Waals surface area contributed by atoms with E-state index >= 15 is 0 Å². The standard InChI is InChI=1S/C23H25N3O2/c1-3-12-26(15-17-10-11-17)23(27)21-9-5-7-19(14-21)18-6-4-8-20(13-18)22-25-24-16(2)28-22/h4-9,13-14,17H,3,10-12,15H2,1-2H3. The largest absolute Gasteiger partial charge is 0.421 e. The molecule has 2 aromatic carbocycles. The molecule has 1 fully saturated rings. The van der Waals surface area contributed by atoms with Crippen LogP contribution in [0.2, 0.25) is 0 Å². The van der Waals surface area contributed by atoms with Crippen LogP contribution in [0.25, 0.3) is 22.6 Å². The van der Waals surface area contributed by atoms with Crippen LogP contribution in [0.3, 0.4) is 0 Å². The third kappa shape index (κ3) is 4.14. The Bertz CT molecular complexity index is 975. The highest BCUT2D eigenvalue weighted by atomic mass is 16.4. The fraction of sp³-hybridized carbons (Fsp3) is 0.348.